The van der Waals surface area contributed by atoms with Gasteiger partial charge in [-0.05, 0) is 61.3 Å². The van der Waals surface area contributed by atoms with Crippen LogP contribution in [0.15, 0.2) is 30.3 Å². The minimum Gasteiger partial charge on any atom is -0.481 e. The maximum atomic E-state index is 12.0. The van der Waals surface area contributed by atoms with Crippen molar-refractivity contribution in [2.75, 3.05) is 0 Å². The second kappa shape index (κ2) is 4.57. The molecule has 1 aromatic rings. The fourth-order valence-electron chi connectivity index (χ4n) is 5.76. The van der Waals surface area contributed by atoms with Crippen LogP contribution in [0.3, 0.4) is 0 Å². The topological polar surface area (TPSA) is 63.3 Å². The summed E-state index contributed by atoms with van der Waals surface area (Å²) in [6.45, 7) is 0. The van der Waals surface area contributed by atoms with Gasteiger partial charge < -0.3 is 10.8 Å². The average Bonchev–Trinajstić information content (AvgIpc) is 2.45. The Hall–Kier alpha value is -1.35. The minimum atomic E-state index is -0.754. The second-order valence-corrected chi connectivity index (χ2v) is 7.49. The van der Waals surface area contributed by atoms with Crippen LogP contribution < -0.4 is 5.73 Å². The Kier molecular flexibility index (Phi) is 2.90. The quantitative estimate of drug-likeness (QED) is 0.897. The molecule has 5 rings (SSSR count). The van der Waals surface area contributed by atoms with Crippen LogP contribution in [0, 0.1) is 23.7 Å². The number of hydrogen-bond donors (Lipinski definition) is 2. The summed E-state index contributed by atoms with van der Waals surface area (Å²) in [6, 6.07) is 9.63. The van der Waals surface area contributed by atoms with Gasteiger partial charge in [0.15, 0.2) is 0 Å². The summed E-state index contributed by atoms with van der Waals surface area (Å²) < 4.78 is 0. The normalized spacial score (nSPS) is 42.0. The molecule has 0 amide bonds. The molecule has 0 aliphatic heterocycles. The summed E-state index contributed by atoms with van der Waals surface area (Å²) in [4.78, 5) is 12.0. The van der Waals surface area contributed by atoms with Gasteiger partial charge in [-0.2, -0.15) is 0 Å². The molecule has 3 nitrogen and oxygen atoms in total. The first-order valence-electron chi connectivity index (χ1n) is 8.15. The molecule has 1 unspecified atom stereocenters. The van der Waals surface area contributed by atoms with E-state index in [1.807, 2.05) is 30.3 Å². The average molecular weight is 285 g/mol. The van der Waals surface area contributed by atoms with E-state index in [2.05, 4.69) is 0 Å². The van der Waals surface area contributed by atoms with Crippen LogP contribution in [0.4, 0.5) is 0 Å². The van der Waals surface area contributed by atoms with Crippen molar-refractivity contribution in [1.29, 1.82) is 0 Å². The maximum absolute atomic E-state index is 12.0. The number of benzene rings is 1. The number of carboxylic acids is 1. The molecular weight excluding hydrogens is 262 g/mol. The van der Waals surface area contributed by atoms with E-state index in [1.165, 1.54) is 6.42 Å². The molecule has 1 aromatic carbocycles. The van der Waals surface area contributed by atoms with Crippen molar-refractivity contribution < 1.29 is 9.90 Å². The van der Waals surface area contributed by atoms with Gasteiger partial charge in [-0.25, -0.2) is 0 Å². The zero-order valence-corrected chi connectivity index (χ0v) is 12.2. The molecule has 4 bridgehead atoms. The molecule has 0 spiro atoms. The third-order valence-electron chi connectivity index (χ3n) is 6.43. The molecule has 3 N–H and O–H groups in total. The van der Waals surface area contributed by atoms with Crippen LogP contribution in [-0.4, -0.2) is 16.6 Å². The third kappa shape index (κ3) is 1.87. The molecule has 0 radical (unpaired) electrons. The van der Waals surface area contributed by atoms with E-state index < -0.39 is 17.4 Å². The lowest BCUT2D eigenvalue weighted by Gasteiger charge is -2.61. The lowest BCUT2D eigenvalue weighted by molar-refractivity contribution is -0.147. The summed E-state index contributed by atoms with van der Waals surface area (Å²) in [5.74, 6) is 1.05. The van der Waals surface area contributed by atoms with Gasteiger partial charge in [0.25, 0.3) is 0 Å². The van der Waals surface area contributed by atoms with Crippen LogP contribution in [0.25, 0.3) is 0 Å². The van der Waals surface area contributed by atoms with Gasteiger partial charge in [-0.1, -0.05) is 30.3 Å². The Morgan fingerprint density at radius 3 is 2.05 bits per heavy atom. The Labute approximate surface area is 125 Å². The number of carboxylic acid groups (broad SMARTS) is 1. The number of carbonyl (C=O) groups is 1. The molecule has 4 aliphatic carbocycles. The first kappa shape index (κ1) is 13.3. The van der Waals surface area contributed by atoms with Gasteiger partial charge >= 0.3 is 5.97 Å². The van der Waals surface area contributed by atoms with Gasteiger partial charge in [0.1, 0.15) is 5.92 Å². The summed E-state index contributed by atoms with van der Waals surface area (Å²) in [6.07, 6.45) is 5.91. The van der Waals surface area contributed by atoms with Crippen molar-refractivity contribution in [3.63, 3.8) is 0 Å². The first-order valence-corrected chi connectivity index (χ1v) is 8.15. The predicted molar refractivity (Wildman–Crippen MR) is 80.8 cm³/mol. The van der Waals surface area contributed by atoms with Crippen LogP contribution >= 0.6 is 0 Å². The summed E-state index contributed by atoms with van der Waals surface area (Å²) in [5, 5.41) is 9.90. The zero-order chi connectivity index (χ0) is 14.6. The van der Waals surface area contributed by atoms with E-state index in [-0.39, 0.29) is 0 Å². The molecule has 4 saturated carbocycles. The predicted octanol–water partition coefficient (Wildman–Crippen LogP) is 3.01. The maximum Gasteiger partial charge on any atom is 0.312 e. The number of rotatable bonds is 3. The summed E-state index contributed by atoms with van der Waals surface area (Å²) in [7, 11) is 0. The molecule has 1 atom stereocenters. The van der Waals surface area contributed by atoms with E-state index >= 15 is 0 Å². The summed E-state index contributed by atoms with van der Waals surface area (Å²) in [5.41, 5.74) is 7.21. The Morgan fingerprint density at radius 1 is 1.05 bits per heavy atom. The number of aliphatic carboxylic acids is 1. The monoisotopic (exact) mass is 285 g/mol. The van der Waals surface area contributed by atoms with Crippen LogP contribution in [0.5, 0.6) is 0 Å². The van der Waals surface area contributed by atoms with E-state index in [0.717, 1.165) is 43.1 Å². The van der Waals surface area contributed by atoms with E-state index in [9.17, 15) is 9.90 Å². The van der Waals surface area contributed by atoms with Crippen molar-refractivity contribution in [2.45, 2.75) is 43.6 Å². The molecule has 3 heteroatoms. The Morgan fingerprint density at radius 2 is 1.57 bits per heavy atom. The summed E-state index contributed by atoms with van der Waals surface area (Å²) >= 11 is 0. The lowest BCUT2D eigenvalue weighted by atomic mass is 9.45. The molecular formula is C18H23NO2. The van der Waals surface area contributed by atoms with Gasteiger partial charge in [-0.15, -0.1) is 0 Å². The van der Waals surface area contributed by atoms with E-state index in [1.54, 1.807) is 0 Å². The van der Waals surface area contributed by atoms with Crippen molar-refractivity contribution in [1.82, 2.24) is 0 Å². The molecule has 0 aromatic heterocycles. The first-order chi connectivity index (χ1) is 10.1. The van der Waals surface area contributed by atoms with Gasteiger partial charge in [-0.3, -0.25) is 4.79 Å². The molecule has 4 fully saturated rings. The highest BCUT2D eigenvalue weighted by atomic mass is 16.4. The second-order valence-electron chi connectivity index (χ2n) is 7.49. The van der Waals surface area contributed by atoms with Gasteiger partial charge in [0.2, 0.25) is 0 Å². The van der Waals surface area contributed by atoms with Crippen molar-refractivity contribution >= 4 is 5.97 Å². The fraction of sp³-hybridized carbons (Fsp3) is 0.611. The Balaban J connectivity index is 1.77. The molecule has 0 heterocycles. The van der Waals surface area contributed by atoms with E-state index in [0.29, 0.717) is 11.8 Å². The van der Waals surface area contributed by atoms with Crippen LogP contribution in [-0.2, 0) is 4.79 Å². The van der Waals surface area contributed by atoms with Crippen molar-refractivity contribution in [3.05, 3.63) is 35.9 Å². The van der Waals surface area contributed by atoms with Crippen LogP contribution in [0.2, 0.25) is 0 Å². The highest BCUT2D eigenvalue weighted by molar-refractivity contribution is 5.78. The molecule has 112 valence electrons. The van der Waals surface area contributed by atoms with Gasteiger partial charge in [0.05, 0.1) is 0 Å². The highest BCUT2D eigenvalue weighted by Crippen LogP contribution is 2.60. The van der Waals surface area contributed by atoms with Gasteiger partial charge in [0, 0.05) is 5.54 Å². The largest absolute Gasteiger partial charge is 0.481 e. The van der Waals surface area contributed by atoms with Crippen molar-refractivity contribution in [3.8, 4) is 0 Å². The molecule has 21 heavy (non-hydrogen) atoms. The lowest BCUT2D eigenvalue weighted by Crippen LogP contribution is -2.66. The number of nitrogens with two attached hydrogens (primary N) is 1. The Bertz CT molecular complexity index is 526. The molecule has 4 aliphatic rings. The molecule has 0 saturated heterocycles. The van der Waals surface area contributed by atoms with Crippen LogP contribution in [0.1, 0.15) is 43.6 Å². The SMILES string of the molecule is NC1(C(C(=O)O)c2ccccc2)C2CC3CC(C2)CC1C3. The van der Waals surface area contributed by atoms with Crippen molar-refractivity contribution in [2.24, 2.45) is 29.4 Å². The third-order valence-corrected chi connectivity index (χ3v) is 6.43. The highest BCUT2D eigenvalue weighted by Gasteiger charge is 2.60. The zero-order valence-electron chi connectivity index (χ0n) is 12.2. The standard InChI is InChI=1S/C18H23NO2/c19-18(16(17(20)21)13-4-2-1-3-5-13)14-7-11-6-12(9-14)10-15(18)8-11/h1-5,11-12,14-16H,6-10,19H2,(H,20,21). The smallest absolute Gasteiger partial charge is 0.312 e. The minimum absolute atomic E-state index is 0.384. The fourth-order valence-corrected chi connectivity index (χ4v) is 5.76. The van der Waals surface area contributed by atoms with E-state index in [4.69, 9.17) is 5.73 Å². The number of hydrogen-bond acceptors (Lipinski definition) is 2.